The van der Waals surface area contributed by atoms with Crippen molar-refractivity contribution in [3.05, 3.63) is 29.8 Å². The van der Waals surface area contributed by atoms with Crippen molar-refractivity contribution in [2.75, 3.05) is 32.6 Å². The molecule has 0 aliphatic heterocycles. The van der Waals surface area contributed by atoms with Crippen LogP contribution in [-0.4, -0.2) is 44.7 Å². The Labute approximate surface area is 116 Å². The van der Waals surface area contributed by atoms with Crippen molar-refractivity contribution in [1.29, 1.82) is 0 Å². The standard InChI is InChI=1S/C15H24N2O2/c1-6-17(15(18)12(2)19-5)11-13-7-9-14(10-8-13)16(3)4/h7-10,12H,6,11H2,1-5H3. The Bertz CT molecular complexity index is 401. The van der Waals surface area contributed by atoms with Crippen LogP contribution < -0.4 is 4.90 Å². The maximum atomic E-state index is 12.1. The highest BCUT2D eigenvalue weighted by Gasteiger charge is 2.18. The van der Waals surface area contributed by atoms with Gasteiger partial charge in [-0.3, -0.25) is 4.79 Å². The van der Waals surface area contributed by atoms with Crippen molar-refractivity contribution in [3.63, 3.8) is 0 Å². The molecule has 106 valence electrons. The normalized spacial score (nSPS) is 12.1. The van der Waals surface area contributed by atoms with Crippen molar-refractivity contribution in [3.8, 4) is 0 Å². The van der Waals surface area contributed by atoms with Crippen molar-refractivity contribution in [1.82, 2.24) is 4.90 Å². The van der Waals surface area contributed by atoms with Gasteiger partial charge in [-0.2, -0.15) is 0 Å². The summed E-state index contributed by atoms with van der Waals surface area (Å²) >= 11 is 0. The quantitative estimate of drug-likeness (QED) is 0.789. The molecule has 0 aromatic heterocycles. The fraction of sp³-hybridized carbons (Fsp3) is 0.533. The minimum atomic E-state index is -0.388. The fourth-order valence-corrected chi connectivity index (χ4v) is 1.82. The molecule has 19 heavy (non-hydrogen) atoms. The van der Waals surface area contributed by atoms with Crippen molar-refractivity contribution in [2.24, 2.45) is 0 Å². The van der Waals surface area contributed by atoms with E-state index in [1.165, 1.54) is 0 Å². The van der Waals surface area contributed by atoms with Gasteiger partial charge >= 0.3 is 0 Å². The first-order valence-electron chi connectivity index (χ1n) is 6.57. The van der Waals surface area contributed by atoms with E-state index in [1.54, 1.807) is 18.9 Å². The van der Waals surface area contributed by atoms with Crippen LogP contribution in [0.25, 0.3) is 0 Å². The summed E-state index contributed by atoms with van der Waals surface area (Å²) in [5.41, 5.74) is 2.28. The summed E-state index contributed by atoms with van der Waals surface area (Å²) in [5, 5.41) is 0. The van der Waals surface area contributed by atoms with Gasteiger partial charge in [-0.15, -0.1) is 0 Å². The summed E-state index contributed by atoms with van der Waals surface area (Å²) in [6.45, 7) is 5.06. The van der Waals surface area contributed by atoms with Crippen LogP contribution in [0.3, 0.4) is 0 Å². The van der Waals surface area contributed by atoms with Crippen LogP contribution in [0, 0.1) is 0 Å². The molecule has 4 heteroatoms. The van der Waals surface area contributed by atoms with E-state index in [0.29, 0.717) is 13.1 Å². The molecule has 0 aliphatic carbocycles. The number of likely N-dealkylation sites (N-methyl/N-ethyl adjacent to an activating group) is 1. The van der Waals surface area contributed by atoms with Crippen LogP contribution in [0.1, 0.15) is 19.4 Å². The van der Waals surface area contributed by atoms with E-state index >= 15 is 0 Å². The van der Waals surface area contributed by atoms with Gasteiger partial charge in [0, 0.05) is 40.0 Å². The molecule has 1 amide bonds. The Morgan fingerprint density at radius 1 is 1.26 bits per heavy atom. The van der Waals surface area contributed by atoms with E-state index < -0.39 is 0 Å². The maximum absolute atomic E-state index is 12.1. The molecule has 0 saturated carbocycles. The third-order valence-corrected chi connectivity index (χ3v) is 3.22. The zero-order valence-corrected chi connectivity index (χ0v) is 12.5. The molecule has 1 aromatic carbocycles. The first kappa shape index (κ1) is 15.5. The first-order chi connectivity index (χ1) is 8.99. The second kappa shape index (κ2) is 7.14. The lowest BCUT2D eigenvalue weighted by Crippen LogP contribution is -2.38. The van der Waals surface area contributed by atoms with Gasteiger partial charge in [-0.1, -0.05) is 12.1 Å². The number of carbonyl (C=O) groups excluding carboxylic acids is 1. The van der Waals surface area contributed by atoms with Crippen molar-refractivity contribution in [2.45, 2.75) is 26.5 Å². The molecule has 1 unspecified atom stereocenters. The van der Waals surface area contributed by atoms with Gasteiger partial charge in [0.05, 0.1) is 0 Å². The largest absolute Gasteiger partial charge is 0.378 e. The van der Waals surface area contributed by atoms with E-state index in [2.05, 4.69) is 29.2 Å². The molecule has 0 radical (unpaired) electrons. The molecule has 4 nitrogen and oxygen atoms in total. The Morgan fingerprint density at radius 3 is 2.26 bits per heavy atom. The lowest BCUT2D eigenvalue weighted by atomic mass is 10.1. The average molecular weight is 264 g/mol. The second-order valence-corrected chi connectivity index (χ2v) is 4.79. The molecule has 1 rings (SSSR count). The van der Waals surface area contributed by atoms with Gasteiger partial charge in [0.25, 0.3) is 5.91 Å². The molecule has 0 heterocycles. The fourth-order valence-electron chi connectivity index (χ4n) is 1.82. The van der Waals surface area contributed by atoms with Crippen LogP contribution in [0.4, 0.5) is 5.69 Å². The Balaban J connectivity index is 2.73. The van der Waals surface area contributed by atoms with E-state index in [0.717, 1.165) is 11.3 Å². The lowest BCUT2D eigenvalue weighted by molar-refractivity contribution is -0.141. The third-order valence-electron chi connectivity index (χ3n) is 3.22. The smallest absolute Gasteiger partial charge is 0.251 e. The number of hydrogen-bond acceptors (Lipinski definition) is 3. The molecule has 0 saturated heterocycles. The summed E-state index contributed by atoms with van der Waals surface area (Å²) < 4.78 is 5.09. The third kappa shape index (κ3) is 4.24. The van der Waals surface area contributed by atoms with Gasteiger partial charge in [-0.05, 0) is 31.5 Å². The molecular formula is C15H24N2O2. The number of methoxy groups -OCH3 is 1. The maximum Gasteiger partial charge on any atom is 0.251 e. The molecule has 0 aliphatic rings. The number of rotatable bonds is 6. The Kier molecular flexibility index (Phi) is 5.83. The highest BCUT2D eigenvalue weighted by molar-refractivity contribution is 5.80. The highest BCUT2D eigenvalue weighted by atomic mass is 16.5. The SMILES string of the molecule is CCN(Cc1ccc(N(C)C)cc1)C(=O)C(C)OC. The number of anilines is 1. The van der Waals surface area contributed by atoms with Gasteiger partial charge in [-0.25, -0.2) is 0 Å². The molecule has 0 fully saturated rings. The molecule has 0 bridgehead atoms. The number of benzene rings is 1. The topological polar surface area (TPSA) is 32.8 Å². The minimum absolute atomic E-state index is 0.0293. The molecule has 0 spiro atoms. The average Bonchev–Trinajstić information content (AvgIpc) is 2.43. The van der Waals surface area contributed by atoms with Gasteiger partial charge < -0.3 is 14.5 Å². The van der Waals surface area contributed by atoms with Crippen LogP contribution >= 0.6 is 0 Å². The van der Waals surface area contributed by atoms with E-state index in [4.69, 9.17) is 4.74 Å². The summed E-state index contributed by atoms with van der Waals surface area (Å²) in [6, 6.07) is 8.24. The number of nitrogens with zero attached hydrogens (tertiary/aromatic N) is 2. The minimum Gasteiger partial charge on any atom is -0.378 e. The highest BCUT2D eigenvalue weighted by Crippen LogP contribution is 2.14. The zero-order valence-electron chi connectivity index (χ0n) is 12.5. The van der Waals surface area contributed by atoms with E-state index in [-0.39, 0.29) is 12.0 Å². The summed E-state index contributed by atoms with van der Waals surface area (Å²) in [7, 11) is 5.58. The van der Waals surface area contributed by atoms with Crippen LogP contribution in [0.15, 0.2) is 24.3 Å². The van der Waals surface area contributed by atoms with Gasteiger partial charge in [0.15, 0.2) is 0 Å². The van der Waals surface area contributed by atoms with E-state index in [1.807, 2.05) is 21.0 Å². The zero-order chi connectivity index (χ0) is 14.4. The molecule has 1 aromatic rings. The predicted octanol–water partition coefficient (Wildman–Crippen LogP) is 2.14. The van der Waals surface area contributed by atoms with Crippen LogP contribution in [0.2, 0.25) is 0 Å². The summed E-state index contributed by atoms with van der Waals surface area (Å²) in [6.07, 6.45) is -0.388. The van der Waals surface area contributed by atoms with Gasteiger partial charge in [0.1, 0.15) is 6.10 Å². The molecule has 0 N–H and O–H groups in total. The van der Waals surface area contributed by atoms with E-state index in [9.17, 15) is 4.79 Å². The summed E-state index contributed by atoms with van der Waals surface area (Å²) in [5.74, 6) is 0.0293. The lowest BCUT2D eigenvalue weighted by Gasteiger charge is -2.24. The number of carbonyl (C=O) groups is 1. The van der Waals surface area contributed by atoms with Crippen molar-refractivity contribution >= 4 is 11.6 Å². The van der Waals surface area contributed by atoms with Gasteiger partial charge in [0.2, 0.25) is 0 Å². The number of hydrogen-bond donors (Lipinski definition) is 0. The second-order valence-electron chi connectivity index (χ2n) is 4.79. The first-order valence-corrected chi connectivity index (χ1v) is 6.57. The summed E-state index contributed by atoms with van der Waals surface area (Å²) in [4.78, 5) is 15.9. The number of amides is 1. The Hall–Kier alpha value is -1.55. The van der Waals surface area contributed by atoms with Crippen molar-refractivity contribution < 1.29 is 9.53 Å². The predicted molar refractivity (Wildman–Crippen MR) is 78.3 cm³/mol. The monoisotopic (exact) mass is 264 g/mol. The van der Waals surface area contributed by atoms with Crippen LogP contribution in [0.5, 0.6) is 0 Å². The number of ether oxygens (including phenoxy) is 1. The Morgan fingerprint density at radius 2 is 1.84 bits per heavy atom. The van der Waals surface area contributed by atoms with Crippen LogP contribution in [-0.2, 0) is 16.1 Å². The molecule has 1 atom stereocenters. The molecular weight excluding hydrogens is 240 g/mol.